The third-order valence-electron chi connectivity index (χ3n) is 3.18. The zero-order chi connectivity index (χ0) is 14.5. The maximum atomic E-state index is 4.64. The molecule has 0 amide bonds. The number of imidazole rings is 1. The van der Waals surface area contributed by atoms with Crippen LogP contribution in [-0.2, 0) is 6.54 Å². The molecule has 0 bridgehead atoms. The molecule has 0 aromatic carbocycles. The summed E-state index contributed by atoms with van der Waals surface area (Å²) in [5.41, 5.74) is 1.08. The first-order valence-corrected chi connectivity index (χ1v) is 8.73. The normalized spacial score (nSPS) is 10.9. The number of rotatable bonds is 7. The molecule has 0 spiro atoms. The highest BCUT2D eigenvalue weighted by atomic mass is 32.1. The van der Waals surface area contributed by atoms with Gasteiger partial charge in [0.2, 0.25) is 0 Å². The van der Waals surface area contributed by atoms with Crippen LogP contribution in [0.4, 0.5) is 5.13 Å². The Morgan fingerprint density at radius 2 is 2.24 bits per heavy atom. The van der Waals surface area contributed by atoms with Crippen LogP contribution in [0.15, 0.2) is 36.2 Å². The molecule has 0 aliphatic heterocycles. The molecule has 3 rings (SSSR count). The Morgan fingerprint density at radius 3 is 3.00 bits per heavy atom. The lowest BCUT2D eigenvalue weighted by Gasteiger charge is -2.03. The molecule has 3 aromatic heterocycles. The van der Waals surface area contributed by atoms with Gasteiger partial charge in [-0.15, -0.1) is 22.7 Å². The molecule has 0 aliphatic carbocycles. The summed E-state index contributed by atoms with van der Waals surface area (Å²) in [6, 6.07) is 4.28. The van der Waals surface area contributed by atoms with E-state index in [2.05, 4.69) is 44.3 Å². The average molecular weight is 318 g/mol. The van der Waals surface area contributed by atoms with Gasteiger partial charge in [-0.05, 0) is 31.9 Å². The van der Waals surface area contributed by atoms with Crippen LogP contribution in [0, 0.1) is 6.92 Å². The topological polar surface area (TPSA) is 42.7 Å². The van der Waals surface area contributed by atoms with Crippen molar-refractivity contribution in [2.24, 2.45) is 0 Å². The van der Waals surface area contributed by atoms with Crippen molar-refractivity contribution < 1.29 is 0 Å². The van der Waals surface area contributed by atoms with Gasteiger partial charge in [0.1, 0.15) is 0 Å². The standard InChI is InChI=1S/C15H18N4S2/c1-12-4-5-14(21-12)13-10-20-15(18-13)17-6-2-3-8-19-9-7-16-11-19/h4-5,7,9-11H,2-3,6,8H2,1H3,(H,17,18). The quantitative estimate of drug-likeness (QED) is 0.662. The van der Waals surface area contributed by atoms with Gasteiger partial charge in [0, 0.05) is 35.7 Å². The summed E-state index contributed by atoms with van der Waals surface area (Å²) in [5.74, 6) is 0. The minimum absolute atomic E-state index is 0.963. The molecule has 4 nitrogen and oxygen atoms in total. The first-order chi connectivity index (χ1) is 10.3. The molecule has 1 N–H and O–H groups in total. The van der Waals surface area contributed by atoms with Crippen molar-refractivity contribution in [1.29, 1.82) is 0 Å². The third-order valence-corrected chi connectivity index (χ3v) is 5.00. The molecule has 0 aliphatic rings. The van der Waals surface area contributed by atoms with Gasteiger partial charge in [-0.1, -0.05) is 0 Å². The van der Waals surface area contributed by atoms with Crippen LogP contribution >= 0.6 is 22.7 Å². The first-order valence-electron chi connectivity index (χ1n) is 7.03. The molecule has 0 saturated heterocycles. The lowest BCUT2D eigenvalue weighted by Crippen LogP contribution is -2.03. The number of aryl methyl sites for hydroxylation is 2. The summed E-state index contributed by atoms with van der Waals surface area (Å²) in [7, 11) is 0. The molecule has 6 heteroatoms. The van der Waals surface area contributed by atoms with E-state index in [1.54, 1.807) is 22.7 Å². The second-order valence-corrected chi connectivity index (χ2v) is 7.03. The molecule has 0 saturated carbocycles. The summed E-state index contributed by atoms with van der Waals surface area (Å²) in [5, 5.41) is 6.55. The largest absolute Gasteiger partial charge is 0.362 e. The molecule has 0 unspecified atom stereocenters. The highest BCUT2D eigenvalue weighted by Gasteiger charge is 2.06. The van der Waals surface area contributed by atoms with Crippen LogP contribution in [0.25, 0.3) is 10.6 Å². The number of thiazole rings is 1. The van der Waals surface area contributed by atoms with Crippen molar-refractivity contribution in [2.45, 2.75) is 26.3 Å². The van der Waals surface area contributed by atoms with Gasteiger partial charge in [0.25, 0.3) is 0 Å². The van der Waals surface area contributed by atoms with E-state index in [1.807, 2.05) is 18.7 Å². The van der Waals surface area contributed by atoms with E-state index >= 15 is 0 Å². The van der Waals surface area contributed by atoms with E-state index < -0.39 is 0 Å². The summed E-state index contributed by atoms with van der Waals surface area (Å²) in [4.78, 5) is 11.3. The fourth-order valence-electron chi connectivity index (χ4n) is 2.07. The zero-order valence-electron chi connectivity index (χ0n) is 12.0. The number of nitrogens with one attached hydrogen (secondary N) is 1. The lowest BCUT2D eigenvalue weighted by atomic mass is 10.3. The summed E-state index contributed by atoms with van der Waals surface area (Å²) < 4.78 is 2.11. The van der Waals surface area contributed by atoms with Gasteiger partial charge in [-0.2, -0.15) is 0 Å². The van der Waals surface area contributed by atoms with Crippen molar-refractivity contribution >= 4 is 27.8 Å². The van der Waals surface area contributed by atoms with E-state index in [-0.39, 0.29) is 0 Å². The molecular formula is C15H18N4S2. The maximum Gasteiger partial charge on any atom is 0.183 e. The van der Waals surface area contributed by atoms with Gasteiger partial charge in [0.15, 0.2) is 5.13 Å². The number of hydrogen-bond donors (Lipinski definition) is 1. The fraction of sp³-hybridized carbons (Fsp3) is 0.333. The minimum atomic E-state index is 0.963. The van der Waals surface area contributed by atoms with Crippen LogP contribution in [0.2, 0.25) is 0 Å². The summed E-state index contributed by atoms with van der Waals surface area (Å²) >= 11 is 3.47. The second kappa shape index (κ2) is 6.87. The van der Waals surface area contributed by atoms with Gasteiger partial charge in [-0.25, -0.2) is 9.97 Å². The highest BCUT2D eigenvalue weighted by molar-refractivity contribution is 7.16. The summed E-state index contributed by atoms with van der Waals surface area (Å²) in [6.45, 7) is 4.12. The number of anilines is 1. The van der Waals surface area contributed by atoms with Gasteiger partial charge < -0.3 is 9.88 Å². The molecular weight excluding hydrogens is 300 g/mol. The Labute approximate surface area is 132 Å². The molecule has 110 valence electrons. The van der Waals surface area contributed by atoms with Crippen LogP contribution in [0.1, 0.15) is 17.7 Å². The van der Waals surface area contributed by atoms with Gasteiger partial charge in [0.05, 0.1) is 16.9 Å². The predicted molar refractivity (Wildman–Crippen MR) is 90.1 cm³/mol. The lowest BCUT2D eigenvalue weighted by molar-refractivity contribution is 0.621. The number of thiophene rings is 1. The second-order valence-electron chi connectivity index (χ2n) is 4.88. The van der Waals surface area contributed by atoms with E-state index in [0.29, 0.717) is 0 Å². The SMILES string of the molecule is Cc1ccc(-c2csc(NCCCCn3ccnc3)n2)s1. The molecule has 21 heavy (non-hydrogen) atoms. The highest BCUT2D eigenvalue weighted by Crippen LogP contribution is 2.30. The fourth-order valence-corrected chi connectivity index (χ4v) is 3.72. The Hall–Kier alpha value is -1.66. The molecule has 0 radical (unpaired) electrons. The number of nitrogens with zero attached hydrogens (tertiary/aromatic N) is 3. The van der Waals surface area contributed by atoms with Crippen molar-refractivity contribution in [3.05, 3.63) is 41.1 Å². The Kier molecular flexibility index (Phi) is 4.67. The maximum absolute atomic E-state index is 4.64. The smallest absolute Gasteiger partial charge is 0.183 e. The number of hydrogen-bond acceptors (Lipinski definition) is 5. The Morgan fingerprint density at radius 1 is 1.29 bits per heavy atom. The monoisotopic (exact) mass is 318 g/mol. The van der Waals surface area contributed by atoms with Crippen LogP contribution in [0.5, 0.6) is 0 Å². The minimum Gasteiger partial charge on any atom is -0.362 e. The van der Waals surface area contributed by atoms with Crippen molar-refractivity contribution in [1.82, 2.24) is 14.5 Å². The molecule has 3 aromatic rings. The van der Waals surface area contributed by atoms with Gasteiger partial charge >= 0.3 is 0 Å². The average Bonchev–Trinajstić information content (AvgIpc) is 3.19. The number of aromatic nitrogens is 3. The van der Waals surface area contributed by atoms with Crippen molar-refractivity contribution in [3.8, 4) is 10.6 Å². The van der Waals surface area contributed by atoms with Crippen molar-refractivity contribution in [2.75, 3.05) is 11.9 Å². The van der Waals surface area contributed by atoms with Crippen molar-refractivity contribution in [3.63, 3.8) is 0 Å². The first kappa shape index (κ1) is 14.3. The number of unbranched alkanes of at least 4 members (excludes halogenated alkanes) is 1. The zero-order valence-corrected chi connectivity index (χ0v) is 13.6. The molecule has 0 fully saturated rings. The van der Waals surface area contributed by atoms with E-state index in [1.165, 1.54) is 9.75 Å². The molecule has 0 atom stereocenters. The Balaban J connectivity index is 1.42. The van der Waals surface area contributed by atoms with E-state index in [0.717, 1.165) is 36.8 Å². The van der Waals surface area contributed by atoms with E-state index in [9.17, 15) is 0 Å². The third kappa shape index (κ3) is 3.92. The molecule has 3 heterocycles. The van der Waals surface area contributed by atoms with Gasteiger partial charge in [-0.3, -0.25) is 0 Å². The van der Waals surface area contributed by atoms with Crippen LogP contribution in [-0.4, -0.2) is 21.1 Å². The van der Waals surface area contributed by atoms with Crippen LogP contribution < -0.4 is 5.32 Å². The van der Waals surface area contributed by atoms with E-state index in [4.69, 9.17) is 0 Å². The predicted octanol–water partition coefficient (Wildman–Crippen LogP) is 4.27. The summed E-state index contributed by atoms with van der Waals surface area (Å²) in [6.07, 6.45) is 7.96. The Bertz CT molecular complexity index is 669. The van der Waals surface area contributed by atoms with Crippen LogP contribution in [0.3, 0.4) is 0 Å².